The van der Waals surface area contributed by atoms with E-state index in [2.05, 4.69) is 24.5 Å². The van der Waals surface area contributed by atoms with Gasteiger partial charge in [-0.1, -0.05) is 36.4 Å². The van der Waals surface area contributed by atoms with Crippen molar-refractivity contribution in [1.29, 1.82) is 0 Å². The van der Waals surface area contributed by atoms with Crippen molar-refractivity contribution in [3.05, 3.63) is 66.1 Å². The first kappa shape index (κ1) is 21.2. The van der Waals surface area contributed by atoms with Crippen molar-refractivity contribution in [2.24, 2.45) is 0 Å². The molecule has 29 heavy (non-hydrogen) atoms. The van der Waals surface area contributed by atoms with E-state index >= 15 is 0 Å². The van der Waals surface area contributed by atoms with E-state index in [0.717, 1.165) is 27.7 Å². The van der Waals surface area contributed by atoms with Gasteiger partial charge in [-0.15, -0.1) is 0 Å². The minimum Gasteiger partial charge on any atom is -0.396 e. The Balaban J connectivity index is 2.11. The Morgan fingerprint density at radius 2 is 1.72 bits per heavy atom. The van der Waals surface area contributed by atoms with Crippen LogP contribution in [0.4, 0.5) is 4.39 Å². The van der Waals surface area contributed by atoms with Crippen LogP contribution in [0, 0.1) is 5.82 Å². The fourth-order valence-electron chi connectivity index (χ4n) is 3.75. The topological polar surface area (TPSA) is 65.6 Å². The first-order chi connectivity index (χ1) is 13.9. The number of hydrogen-bond acceptors (Lipinski definition) is 3. The molecule has 0 aliphatic carbocycles. The lowest BCUT2D eigenvalue weighted by molar-refractivity contribution is 0.0827. The van der Waals surface area contributed by atoms with Gasteiger partial charge in [-0.05, 0) is 50.1 Å². The van der Waals surface area contributed by atoms with Crippen molar-refractivity contribution in [3.63, 3.8) is 0 Å². The number of aliphatic hydroxyl groups excluding tert-OH is 3. The molecule has 1 heterocycles. The van der Waals surface area contributed by atoms with Gasteiger partial charge < -0.3 is 19.9 Å². The summed E-state index contributed by atoms with van der Waals surface area (Å²) < 4.78 is 15.7. The highest BCUT2D eigenvalue weighted by molar-refractivity contribution is 6.01. The summed E-state index contributed by atoms with van der Waals surface area (Å²) in [6.45, 7) is 4.08. The molecule has 0 bridgehead atoms. The van der Waals surface area contributed by atoms with Gasteiger partial charge >= 0.3 is 0 Å². The summed E-state index contributed by atoms with van der Waals surface area (Å²) >= 11 is 0. The van der Waals surface area contributed by atoms with E-state index in [1.165, 1.54) is 12.1 Å². The maximum Gasteiger partial charge on any atom is 0.123 e. The summed E-state index contributed by atoms with van der Waals surface area (Å²) in [6, 6.07) is 14.7. The molecule has 3 N–H and O–H groups in total. The molecular weight excluding hydrogens is 369 g/mol. The van der Waals surface area contributed by atoms with Crippen LogP contribution in [0.2, 0.25) is 0 Å². The van der Waals surface area contributed by atoms with Crippen LogP contribution in [0.15, 0.2) is 54.6 Å². The number of hydrogen-bond donors (Lipinski definition) is 3. The Hall–Kier alpha value is -2.47. The molecule has 0 saturated heterocycles. The fourth-order valence-corrected chi connectivity index (χ4v) is 3.75. The lowest BCUT2D eigenvalue weighted by Crippen LogP contribution is -2.17. The predicted molar refractivity (Wildman–Crippen MR) is 115 cm³/mol. The first-order valence-electron chi connectivity index (χ1n) is 9.96. The van der Waals surface area contributed by atoms with Gasteiger partial charge in [0, 0.05) is 41.2 Å². The van der Waals surface area contributed by atoms with Crippen LogP contribution < -0.4 is 0 Å². The van der Waals surface area contributed by atoms with Crippen LogP contribution in [0.5, 0.6) is 0 Å². The Kier molecular flexibility index (Phi) is 6.85. The molecule has 2 atom stereocenters. The highest BCUT2D eigenvalue weighted by atomic mass is 19.1. The largest absolute Gasteiger partial charge is 0.396 e. The number of aromatic nitrogens is 1. The second-order valence-electron chi connectivity index (χ2n) is 7.58. The molecular formula is C24H28FNO3. The van der Waals surface area contributed by atoms with Crippen molar-refractivity contribution in [3.8, 4) is 11.1 Å². The quantitative estimate of drug-likeness (QED) is 0.523. The molecule has 0 radical (unpaired) electrons. The molecule has 154 valence electrons. The molecule has 0 aliphatic rings. The predicted octanol–water partition coefficient (Wildman–Crippen LogP) is 4.54. The Morgan fingerprint density at radius 3 is 2.38 bits per heavy atom. The summed E-state index contributed by atoms with van der Waals surface area (Å²) in [5.74, 6) is -0.285. The van der Waals surface area contributed by atoms with E-state index in [1.54, 1.807) is 18.2 Å². The van der Waals surface area contributed by atoms with Gasteiger partial charge in [0.2, 0.25) is 0 Å². The molecule has 5 heteroatoms. The van der Waals surface area contributed by atoms with Crippen molar-refractivity contribution in [2.45, 2.75) is 44.9 Å². The number of rotatable bonds is 8. The molecule has 1 aromatic heterocycles. The van der Waals surface area contributed by atoms with Gasteiger partial charge in [0.1, 0.15) is 5.82 Å². The summed E-state index contributed by atoms with van der Waals surface area (Å²) in [5.41, 5.74) is 3.87. The third-order valence-corrected chi connectivity index (χ3v) is 5.05. The minimum atomic E-state index is -0.837. The smallest absolute Gasteiger partial charge is 0.123 e. The molecule has 3 aromatic rings. The molecule has 0 aliphatic heterocycles. The second-order valence-corrected chi connectivity index (χ2v) is 7.58. The molecule has 0 amide bonds. The second kappa shape index (κ2) is 9.35. The monoisotopic (exact) mass is 397 g/mol. The lowest BCUT2D eigenvalue weighted by atomic mass is 10.0. The SMILES string of the molecule is CC(C)n1c(C=C[C@@H](O)C[C@@H](O)CCO)c(-c2ccc(F)cc2)c2ccccc21. The van der Waals surface area contributed by atoms with E-state index in [1.807, 2.05) is 24.3 Å². The standard InChI is InChI=1S/C24H28FNO3/c1-16(2)26-22-6-4-3-5-21(22)24(17-7-9-18(25)10-8-17)23(26)12-11-19(28)15-20(29)13-14-27/h3-12,16,19-20,27-29H,13-15H2,1-2H3/t19-,20+/m1/s1. The molecule has 0 spiro atoms. The fraction of sp³-hybridized carbons (Fsp3) is 0.333. The Labute approximate surface area is 170 Å². The van der Waals surface area contributed by atoms with Crippen LogP contribution in [-0.2, 0) is 0 Å². The maximum absolute atomic E-state index is 13.5. The third kappa shape index (κ3) is 4.75. The van der Waals surface area contributed by atoms with E-state index in [-0.39, 0.29) is 31.3 Å². The zero-order valence-corrected chi connectivity index (χ0v) is 16.8. The van der Waals surface area contributed by atoms with Crippen molar-refractivity contribution < 1.29 is 19.7 Å². The normalized spacial score (nSPS) is 14.2. The van der Waals surface area contributed by atoms with E-state index in [4.69, 9.17) is 5.11 Å². The molecule has 0 fully saturated rings. The van der Waals surface area contributed by atoms with Gasteiger partial charge in [-0.25, -0.2) is 4.39 Å². The highest BCUT2D eigenvalue weighted by Gasteiger charge is 2.19. The zero-order chi connectivity index (χ0) is 21.0. The number of nitrogens with zero attached hydrogens (tertiary/aromatic N) is 1. The van der Waals surface area contributed by atoms with Gasteiger partial charge in [-0.2, -0.15) is 0 Å². The van der Waals surface area contributed by atoms with Crippen LogP contribution in [0.3, 0.4) is 0 Å². The van der Waals surface area contributed by atoms with Gasteiger partial charge in [-0.3, -0.25) is 0 Å². The Bertz CT molecular complexity index is 976. The average molecular weight is 397 g/mol. The molecule has 4 nitrogen and oxygen atoms in total. The minimum absolute atomic E-state index is 0.117. The van der Waals surface area contributed by atoms with Crippen molar-refractivity contribution in [1.82, 2.24) is 4.57 Å². The summed E-state index contributed by atoms with van der Waals surface area (Å²) in [5, 5.41) is 30.1. The van der Waals surface area contributed by atoms with E-state index < -0.39 is 12.2 Å². The van der Waals surface area contributed by atoms with E-state index in [9.17, 15) is 14.6 Å². The van der Waals surface area contributed by atoms with Gasteiger partial charge in [0.25, 0.3) is 0 Å². The van der Waals surface area contributed by atoms with Crippen LogP contribution >= 0.6 is 0 Å². The van der Waals surface area contributed by atoms with Crippen LogP contribution in [0.25, 0.3) is 28.1 Å². The van der Waals surface area contributed by atoms with Gasteiger partial charge in [0.15, 0.2) is 0 Å². The lowest BCUT2D eigenvalue weighted by Gasteiger charge is -2.15. The number of benzene rings is 2. The average Bonchev–Trinajstić information content (AvgIpc) is 3.01. The zero-order valence-electron chi connectivity index (χ0n) is 16.8. The number of para-hydroxylation sites is 1. The summed E-state index contributed by atoms with van der Waals surface area (Å²) in [7, 11) is 0. The third-order valence-electron chi connectivity index (χ3n) is 5.05. The summed E-state index contributed by atoms with van der Waals surface area (Å²) in [4.78, 5) is 0. The number of fused-ring (bicyclic) bond motifs is 1. The first-order valence-corrected chi connectivity index (χ1v) is 9.96. The molecule has 0 saturated carbocycles. The van der Waals surface area contributed by atoms with Crippen LogP contribution in [-0.4, -0.2) is 38.7 Å². The summed E-state index contributed by atoms with van der Waals surface area (Å²) in [6.07, 6.45) is 2.34. The van der Waals surface area contributed by atoms with Gasteiger partial charge in [0.05, 0.1) is 12.2 Å². The van der Waals surface area contributed by atoms with Crippen molar-refractivity contribution in [2.75, 3.05) is 6.61 Å². The van der Waals surface area contributed by atoms with Crippen LogP contribution in [0.1, 0.15) is 38.4 Å². The van der Waals surface area contributed by atoms with E-state index in [0.29, 0.717) is 0 Å². The molecule has 2 aromatic carbocycles. The highest BCUT2D eigenvalue weighted by Crippen LogP contribution is 2.38. The molecule has 0 unspecified atom stereocenters. The molecule has 3 rings (SSSR count). The Morgan fingerprint density at radius 1 is 1.03 bits per heavy atom. The number of halogens is 1. The number of aliphatic hydroxyl groups is 3. The van der Waals surface area contributed by atoms with Crippen molar-refractivity contribution >= 4 is 17.0 Å². The maximum atomic E-state index is 13.5.